The quantitative estimate of drug-likeness (QED) is 0.232. The molecule has 9 rings (SSSR count). The van der Waals surface area contributed by atoms with Gasteiger partial charge in [-0.15, -0.1) is 23.5 Å². The van der Waals surface area contributed by atoms with Gasteiger partial charge in [0, 0.05) is 54.4 Å². The number of rotatable bonds is 0. The van der Waals surface area contributed by atoms with E-state index in [4.69, 9.17) is 33.2 Å². The van der Waals surface area contributed by atoms with E-state index in [1.807, 2.05) is 27.7 Å². The molecule has 0 aromatic carbocycles. The van der Waals surface area contributed by atoms with Crippen LogP contribution < -0.4 is 0 Å². The van der Waals surface area contributed by atoms with Gasteiger partial charge in [-0.3, -0.25) is 0 Å². The first kappa shape index (κ1) is 61.5. The van der Waals surface area contributed by atoms with Crippen molar-refractivity contribution in [2.45, 2.75) is 200 Å². The van der Waals surface area contributed by atoms with Crippen molar-refractivity contribution in [2.75, 3.05) is 93.3 Å². The molecule has 0 spiro atoms. The molecule has 62 heavy (non-hydrogen) atoms. The van der Waals surface area contributed by atoms with E-state index < -0.39 is 0 Å². The molecular weight excluding hydrogens is 873 g/mol. The van der Waals surface area contributed by atoms with Gasteiger partial charge in [0.25, 0.3) is 0 Å². The van der Waals surface area contributed by atoms with Crippen molar-refractivity contribution in [3.05, 3.63) is 0 Å². The highest BCUT2D eigenvalue weighted by Gasteiger charge is 2.29. The maximum absolute atomic E-state index is 5.33. The third-order valence-electron chi connectivity index (χ3n) is 11.3. The lowest BCUT2D eigenvalue weighted by atomic mass is 10.0. The fourth-order valence-corrected chi connectivity index (χ4v) is 13.0. The van der Waals surface area contributed by atoms with Crippen LogP contribution in [-0.2, 0) is 33.2 Å². The average molecular weight is 974 g/mol. The van der Waals surface area contributed by atoms with Gasteiger partial charge in [-0.2, -0.15) is 35.3 Å². The minimum atomic E-state index is -0.334. The average Bonchev–Trinajstić information content (AvgIpc) is 4.04. The fraction of sp³-hybridized carbons (Fsp3) is 1.00. The fourth-order valence-electron chi connectivity index (χ4n) is 7.01. The van der Waals surface area contributed by atoms with Crippen molar-refractivity contribution < 1.29 is 33.2 Å². The van der Waals surface area contributed by atoms with Gasteiger partial charge >= 0.3 is 0 Å². The molecule has 0 saturated carbocycles. The predicted octanol–water partition coefficient (Wildman–Crippen LogP) is 14.4. The molecular formula is C50H100O7S5. The molecule has 9 aliphatic heterocycles. The van der Waals surface area contributed by atoms with Crippen LogP contribution in [0.5, 0.6) is 0 Å². The van der Waals surface area contributed by atoms with Crippen LogP contribution >= 0.6 is 58.8 Å². The second kappa shape index (κ2) is 41.4. The largest absolute Gasteiger partial charge is 0.381 e. The molecule has 9 fully saturated rings. The molecule has 9 heterocycles. The van der Waals surface area contributed by atoms with Crippen LogP contribution in [0.25, 0.3) is 0 Å². The van der Waals surface area contributed by atoms with Crippen molar-refractivity contribution in [2.24, 2.45) is 23.7 Å². The van der Waals surface area contributed by atoms with Crippen LogP contribution in [0.15, 0.2) is 0 Å². The second-order valence-corrected chi connectivity index (χ2v) is 26.1. The zero-order chi connectivity index (χ0) is 45.7. The van der Waals surface area contributed by atoms with E-state index in [0.29, 0.717) is 19.0 Å². The van der Waals surface area contributed by atoms with E-state index >= 15 is 0 Å². The van der Waals surface area contributed by atoms with E-state index in [1.165, 1.54) is 130 Å². The summed E-state index contributed by atoms with van der Waals surface area (Å²) >= 11 is 10.4. The molecule has 0 aromatic rings. The van der Waals surface area contributed by atoms with Crippen LogP contribution in [0.1, 0.15) is 166 Å². The Balaban J connectivity index is 0.000000349. The molecule has 6 unspecified atom stereocenters. The lowest BCUT2D eigenvalue weighted by molar-refractivity contribution is -0.136. The summed E-state index contributed by atoms with van der Waals surface area (Å²) in [4.78, 5) is 0. The van der Waals surface area contributed by atoms with Gasteiger partial charge in [0.1, 0.15) is 6.79 Å². The summed E-state index contributed by atoms with van der Waals surface area (Å²) in [5, 5.41) is 0.953. The standard InChI is InChI=1S/C6H12O2.3C6H12O.3C6H12S.C4H8O2.C4H8S2/c1-5-4-7-6(2,3)8-5;1-6-2-4-7-5-3-6;1-6-3-2-4-7-5-6;1-6-4-2-3-5-7-6;1-6-2-4-7-5-3-6;1-6-3-2-4-7-5-6;1-6-4-2-3-5-7-6;1-4-2-5-3-6-4;1-4-5-2-3-6-4/h5H,4H2,1-3H3;6*6H,2-5H2,1H3;2*4H,2-3H2,1H3. The van der Waals surface area contributed by atoms with E-state index in [2.05, 4.69) is 107 Å². The number of thioether (sulfide) groups is 5. The highest BCUT2D eigenvalue weighted by atomic mass is 32.2. The minimum absolute atomic E-state index is 0.269. The van der Waals surface area contributed by atoms with Gasteiger partial charge < -0.3 is 33.2 Å². The van der Waals surface area contributed by atoms with Crippen molar-refractivity contribution >= 4 is 58.8 Å². The van der Waals surface area contributed by atoms with Crippen LogP contribution in [0.2, 0.25) is 0 Å². The zero-order valence-corrected chi connectivity index (χ0v) is 46.2. The van der Waals surface area contributed by atoms with Gasteiger partial charge in [0.05, 0.1) is 31.5 Å². The summed E-state index contributed by atoms with van der Waals surface area (Å²) in [6.07, 6.45) is 20.4. The number of ether oxygens (including phenoxy) is 7. The number of hydrogen-bond donors (Lipinski definition) is 0. The summed E-state index contributed by atoms with van der Waals surface area (Å²) < 4.78 is 36.8. The highest BCUT2D eigenvalue weighted by Crippen LogP contribution is 2.30. The lowest BCUT2D eigenvalue weighted by Crippen LogP contribution is -2.20. The van der Waals surface area contributed by atoms with Crippen LogP contribution in [0.4, 0.5) is 0 Å². The second-order valence-electron chi connectivity index (χ2n) is 19.0. The summed E-state index contributed by atoms with van der Waals surface area (Å²) in [7, 11) is 0. The normalized spacial score (nSPS) is 31.0. The topological polar surface area (TPSA) is 64.6 Å². The Kier molecular flexibility index (Phi) is 41.1. The predicted molar refractivity (Wildman–Crippen MR) is 281 cm³/mol. The first-order chi connectivity index (χ1) is 29.8. The Bertz CT molecular complexity index is 785. The molecule has 0 radical (unpaired) electrons. The van der Waals surface area contributed by atoms with Gasteiger partial charge in [-0.05, 0) is 177 Å². The Morgan fingerprint density at radius 2 is 1.10 bits per heavy atom. The first-order valence-electron chi connectivity index (χ1n) is 25.0. The zero-order valence-electron chi connectivity index (χ0n) is 42.1. The Hall–Kier alpha value is 1.47. The van der Waals surface area contributed by atoms with Gasteiger partial charge in [0.2, 0.25) is 0 Å². The third kappa shape index (κ3) is 40.5. The summed E-state index contributed by atoms with van der Waals surface area (Å²) in [6, 6.07) is 0. The Morgan fingerprint density at radius 3 is 1.34 bits per heavy atom. The lowest BCUT2D eigenvalue weighted by Gasteiger charge is -2.17. The van der Waals surface area contributed by atoms with E-state index in [-0.39, 0.29) is 11.9 Å². The van der Waals surface area contributed by atoms with Crippen molar-refractivity contribution in [1.82, 2.24) is 0 Å². The first-order valence-corrected chi connectivity index (χ1v) is 30.5. The van der Waals surface area contributed by atoms with Crippen molar-refractivity contribution in [3.8, 4) is 0 Å². The van der Waals surface area contributed by atoms with Gasteiger partial charge in [-0.1, -0.05) is 41.0 Å². The summed E-state index contributed by atoms with van der Waals surface area (Å²) in [5.74, 6) is 13.2. The number of hydrogen-bond acceptors (Lipinski definition) is 12. The van der Waals surface area contributed by atoms with Crippen LogP contribution in [0.3, 0.4) is 0 Å². The Labute approximate surface area is 406 Å². The van der Waals surface area contributed by atoms with Crippen LogP contribution in [-0.4, -0.2) is 127 Å². The van der Waals surface area contributed by atoms with Crippen LogP contribution in [0, 0.1) is 23.7 Å². The molecule has 372 valence electrons. The summed E-state index contributed by atoms with van der Waals surface area (Å²) in [6.45, 7) is 30.7. The highest BCUT2D eigenvalue weighted by molar-refractivity contribution is 8.20. The maximum Gasteiger partial charge on any atom is 0.163 e. The SMILES string of the molecule is CC1CCCCO1.CC1CCCCS1.CC1CCCOC1.CC1CCCSC1.CC1CCOCC1.CC1CCSCC1.CC1COC(C)(C)O1.CC1COCO1.CC1SCCS1. The molecule has 9 saturated heterocycles. The van der Waals surface area contributed by atoms with E-state index in [9.17, 15) is 0 Å². The van der Waals surface area contributed by atoms with Crippen molar-refractivity contribution in [3.63, 3.8) is 0 Å². The van der Waals surface area contributed by atoms with E-state index in [0.717, 1.165) is 79.8 Å². The molecule has 7 nitrogen and oxygen atoms in total. The minimum Gasteiger partial charge on any atom is -0.381 e. The smallest absolute Gasteiger partial charge is 0.163 e. The monoisotopic (exact) mass is 973 g/mol. The molecule has 0 amide bonds. The Morgan fingerprint density at radius 1 is 0.419 bits per heavy atom. The third-order valence-corrected chi connectivity index (χ3v) is 18.0. The molecule has 12 heteroatoms. The molecule has 0 bridgehead atoms. The maximum atomic E-state index is 5.33. The molecule has 0 N–H and O–H groups in total. The van der Waals surface area contributed by atoms with Gasteiger partial charge in [0.15, 0.2) is 5.79 Å². The van der Waals surface area contributed by atoms with Crippen molar-refractivity contribution in [1.29, 1.82) is 0 Å². The molecule has 0 aliphatic carbocycles. The molecule has 6 atom stereocenters. The molecule has 0 aromatic heterocycles. The van der Waals surface area contributed by atoms with Gasteiger partial charge in [-0.25, -0.2) is 0 Å². The summed E-state index contributed by atoms with van der Waals surface area (Å²) in [5.41, 5.74) is 0. The van der Waals surface area contributed by atoms with E-state index in [1.54, 1.807) is 0 Å². The molecule has 9 aliphatic rings.